The smallest absolute Gasteiger partial charge is 0.353 e. The second kappa shape index (κ2) is 8.11. The van der Waals surface area contributed by atoms with Gasteiger partial charge in [0.1, 0.15) is 11.3 Å². The number of benzene rings is 1. The number of nitrogen functional groups attached to an aromatic ring is 1. The molecule has 1 aromatic carbocycles. The van der Waals surface area contributed by atoms with Crippen molar-refractivity contribution in [2.24, 2.45) is 5.16 Å². The van der Waals surface area contributed by atoms with E-state index in [1.165, 1.54) is 25.2 Å². The van der Waals surface area contributed by atoms with Crippen molar-refractivity contribution in [2.45, 2.75) is 45.8 Å². The second-order valence-corrected chi connectivity index (χ2v) is 9.62. The van der Waals surface area contributed by atoms with Crippen LogP contribution in [0.15, 0.2) is 28.7 Å². The van der Waals surface area contributed by atoms with Gasteiger partial charge in [-0.05, 0) is 46.8 Å². The maximum absolute atomic E-state index is 13.3. The lowest BCUT2D eigenvalue weighted by atomic mass is 10.0. The van der Waals surface area contributed by atoms with E-state index in [2.05, 4.69) is 20.6 Å². The van der Waals surface area contributed by atoms with E-state index in [0.29, 0.717) is 11.1 Å². The van der Waals surface area contributed by atoms with Crippen LogP contribution in [0.3, 0.4) is 0 Å². The normalized spacial score (nSPS) is 12.8. The molecule has 3 aromatic rings. The number of anilines is 1. The van der Waals surface area contributed by atoms with Crippen molar-refractivity contribution < 1.29 is 19.2 Å². The molecular formula is C20H21N4O4S2. The monoisotopic (exact) mass is 445 g/mol. The molecule has 0 bridgehead atoms. The molecule has 0 atom stereocenters. The van der Waals surface area contributed by atoms with Gasteiger partial charge < -0.3 is 15.3 Å². The van der Waals surface area contributed by atoms with Gasteiger partial charge in [-0.25, -0.2) is 14.8 Å². The molecule has 8 nitrogen and oxygen atoms in total. The Labute approximate surface area is 181 Å². The molecule has 0 aliphatic carbocycles. The number of nitrogens with two attached hydrogens (primary N) is 1. The van der Waals surface area contributed by atoms with Gasteiger partial charge in [-0.2, -0.15) is 0 Å². The largest absolute Gasteiger partial charge is 0.457 e. The van der Waals surface area contributed by atoms with E-state index in [1.54, 1.807) is 38.3 Å². The quantitative estimate of drug-likeness (QED) is 0.265. The highest BCUT2D eigenvalue weighted by molar-refractivity contribution is 7.16. The fourth-order valence-corrected chi connectivity index (χ4v) is 3.53. The predicted molar refractivity (Wildman–Crippen MR) is 117 cm³/mol. The highest BCUT2D eigenvalue weighted by Gasteiger charge is 2.36. The van der Waals surface area contributed by atoms with Crippen LogP contribution < -0.4 is 5.73 Å². The van der Waals surface area contributed by atoms with Crippen LogP contribution in [0.1, 0.15) is 50.7 Å². The summed E-state index contributed by atoms with van der Waals surface area (Å²) >= 11 is 2.47. The van der Waals surface area contributed by atoms with Crippen LogP contribution in [0.5, 0.6) is 0 Å². The number of nitrogens with zero attached hydrogens (tertiary/aromatic N) is 3. The van der Waals surface area contributed by atoms with E-state index in [9.17, 15) is 9.59 Å². The van der Waals surface area contributed by atoms with Crippen LogP contribution in [0.25, 0.3) is 10.2 Å². The first-order valence-corrected chi connectivity index (χ1v) is 10.7. The van der Waals surface area contributed by atoms with Gasteiger partial charge >= 0.3 is 5.97 Å². The molecule has 2 heterocycles. The Morgan fingerprint density at radius 2 is 1.93 bits per heavy atom. The summed E-state index contributed by atoms with van der Waals surface area (Å²) in [4.78, 5) is 39.6. The number of hydrogen-bond donors (Lipinski definition) is 1. The average Bonchev–Trinajstić information content (AvgIpc) is 3.28. The van der Waals surface area contributed by atoms with Crippen LogP contribution in [0.4, 0.5) is 5.13 Å². The Balaban J connectivity index is 1.98. The lowest BCUT2D eigenvalue weighted by Crippen LogP contribution is -2.40. The van der Waals surface area contributed by atoms with Crippen molar-refractivity contribution >= 4 is 55.5 Å². The number of oxime groups is 1. The van der Waals surface area contributed by atoms with Crippen molar-refractivity contribution in [2.75, 3.05) is 5.73 Å². The SMILES string of the molecule is CC(C)(C)OC(=O)C(C)(C)O/N=C(\C(=O)c1cccc2s[c]nc12)c1csc(N)n1. The molecule has 2 N–H and O–H groups in total. The van der Waals surface area contributed by atoms with Gasteiger partial charge in [-0.3, -0.25) is 4.79 Å². The maximum atomic E-state index is 13.3. The minimum Gasteiger partial charge on any atom is -0.457 e. The average molecular weight is 446 g/mol. The number of esters is 1. The fraction of sp³-hybridized carbons (Fsp3) is 0.350. The Morgan fingerprint density at radius 1 is 1.20 bits per heavy atom. The van der Waals surface area contributed by atoms with E-state index in [-0.39, 0.29) is 16.5 Å². The molecule has 0 fully saturated rings. The van der Waals surface area contributed by atoms with E-state index < -0.39 is 23.0 Å². The van der Waals surface area contributed by atoms with Gasteiger partial charge in [0.15, 0.2) is 16.4 Å². The number of carbonyl (C=O) groups is 2. The number of para-hydroxylation sites is 1. The van der Waals surface area contributed by atoms with Gasteiger partial charge in [0.25, 0.3) is 0 Å². The van der Waals surface area contributed by atoms with Crippen molar-refractivity contribution in [3.8, 4) is 0 Å². The maximum Gasteiger partial charge on any atom is 0.353 e. The Morgan fingerprint density at radius 3 is 2.57 bits per heavy atom. The Bertz CT molecular complexity index is 1130. The van der Waals surface area contributed by atoms with Gasteiger partial charge in [-0.1, -0.05) is 11.2 Å². The number of fused-ring (bicyclic) bond motifs is 1. The lowest BCUT2D eigenvalue weighted by Gasteiger charge is -2.26. The molecule has 0 saturated carbocycles. The summed E-state index contributed by atoms with van der Waals surface area (Å²) in [5.41, 5.74) is 7.40. The number of rotatable bonds is 6. The first-order valence-electron chi connectivity index (χ1n) is 8.99. The van der Waals surface area contributed by atoms with Crippen LogP contribution in [-0.2, 0) is 14.4 Å². The number of carbonyl (C=O) groups excluding carboxylic acids is 2. The molecule has 157 valence electrons. The van der Waals surface area contributed by atoms with Gasteiger partial charge in [0.2, 0.25) is 11.4 Å². The number of aromatic nitrogens is 2. The van der Waals surface area contributed by atoms with Crippen molar-refractivity contribution in [3.63, 3.8) is 0 Å². The van der Waals surface area contributed by atoms with Crippen LogP contribution in [0, 0.1) is 5.51 Å². The number of ketones is 1. The molecule has 30 heavy (non-hydrogen) atoms. The summed E-state index contributed by atoms with van der Waals surface area (Å²) in [5.74, 6) is -1.07. The Hall–Kier alpha value is -2.85. The van der Waals surface area contributed by atoms with Crippen LogP contribution in [-0.4, -0.2) is 38.6 Å². The standard InChI is InChI=1S/C20H21N4O4S2/c1-19(2,3)27-17(26)20(4,5)28-24-15(12-9-29-18(21)23-12)16(25)11-7-6-8-13-14(11)22-10-30-13/h6-9H,1-5H3,(H2,21,23)/b24-15-. The second-order valence-electron chi connectivity index (χ2n) is 7.90. The van der Waals surface area contributed by atoms with Crippen molar-refractivity contribution in [3.05, 3.63) is 40.3 Å². The number of thiazole rings is 2. The minimum absolute atomic E-state index is 0.0833. The van der Waals surface area contributed by atoms with Crippen molar-refractivity contribution in [1.29, 1.82) is 0 Å². The van der Waals surface area contributed by atoms with Crippen LogP contribution in [0.2, 0.25) is 0 Å². The summed E-state index contributed by atoms with van der Waals surface area (Å²) in [6, 6.07) is 5.24. The topological polar surface area (TPSA) is 117 Å². The van der Waals surface area contributed by atoms with Crippen molar-refractivity contribution in [1.82, 2.24) is 9.97 Å². The molecule has 10 heteroatoms. The van der Waals surface area contributed by atoms with E-state index >= 15 is 0 Å². The predicted octanol–water partition coefficient (Wildman–Crippen LogP) is 3.86. The van der Waals surface area contributed by atoms with E-state index in [0.717, 1.165) is 16.0 Å². The highest BCUT2D eigenvalue weighted by atomic mass is 32.1. The molecule has 0 aliphatic rings. The first-order chi connectivity index (χ1) is 14.0. The molecule has 3 rings (SSSR count). The molecular weight excluding hydrogens is 424 g/mol. The third-order valence-corrected chi connectivity index (χ3v) is 5.20. The van der Waals surface area contributed by atoms with Gasteiger partial charge in [0, 0.05) is 5.38 Å². The summed E-state index contributed by atoms with van der Waals surface area (Å²) in [7, 11) is 0. The molecule has 0 saturated heterocycles. The van der Waals surface area contributed by atoms with E-state index in [1.807, 2.05) is 6.07 Å². The van der Waals surface area contributed by atoms with Crippen LogP contribution >= 0.6 is 22.7 Å². The third kappa shape index (κ3) is 4.82. The molecule has 0 unspecified atom stereocenters. The highest BCUT2D eigenvalue weighted by Crippen LogP contribution is 2.24. The Kier molecular flexibility index (Phi) is 5.91. The number of Topliss-reactive ketones (excluding diaryl/α,β-unsaturated/α-hetero) is 1. The molecule has 1 radical (unpaired) electrons. The summed E-state index contributed by atoms with van der Waals surface area (Å²) in [5, 5.41) is 5.89. The van der Waals surface area contributed by atoms with Gasteiger partial charge in [0.05, 0.1) is 15.8 Å². The fourth-order valence-electron chi connectivity index (χ4n) is 2.35. The first kappa shape index (κ1) is 21.8. The lowest BCUT2D eigenvalue weighted by molar-refractivity contribution is -0.179. The zero-order valence-corrected chi connectivity index (χ0v) is 18.8. The molecule has 0 aliphatic heterocycles. The summed E-state index contributed by atoms with van der Waals surface area (Å²) in [6.07, 6.45) is 0. The number of ether oxygens (including phenoxy) is 1. The minimum atomic E-state index is -1.43. The van der Waals surface area contributed by atoms with E-state index in [4.69, 9.17) is 15.3 Å². The summed E-state index contributed by atoms with van der Waals surface area (Å²) < 4.78 is 6.19. The molecule has 0 amide bonds. The van der Waals surface area contributed by atoms with Gasteiger partial charge in [-0.15, -0.1) is 22.7 Å². The molecule has 0 spiro atoms. The molecule has 2 aromatic heterocycles. The number of hydrogen-bond acceptors (Lipinski definition) is 10. The summed E-state index contributed by atoms with van der Waals surface area (Å²) in [6.45, 7) is 8.28. The third-order valence-electron chi connectivity index (χ3n) is 3.79. The zero-order valence-electron chi connectivity index (χ0n) is 17.2. The zero-order chi connectivity index (χ0) is 22.1.